The second-order valence-electron chi connectivity index (χ2n) is 2.94. The summed E-state index contributed by atoms with van der Waals surface area (Å²) >= 11 is 5.73. The van der Waals surface area contributed by atoms with E-state index in [1.165, 1.54) is 5.56 Å². The van der Waals surface area contributed by atoms with E-state index in [1.54, 1.807) is 0 Å². The number of benzene rings is 1. The Kier molecular flexibility index (Phi) is 2.92. The van der Waals surface area contributed by atoms with Crippen LogP contribution in [-0.2, 0) is 6.42 Å². The SMILES string of the molecule is C[C@@H]([NH3+])Cc1ccc(Cl)cc1. The average molecular weight is 171 g/mol. The summed E-state index contributed by atoms with van der Waals surface area (Å²) in [6.07, 6.45) is 1.02. The molecule has 1 rings (SSSR count). The Morgan fingerprint density at radius 1 is 1.36 bits per heavy atom. The van der Waals surface area contributed by atoms with Gasteiger partial charge in [0.25, 0.3) is 0 Å². The van der Waals surface area contributed by atoms with Gasteiger partial charge in [0.1, 0.15) is 0 Å². The lowest BCUT2D eigenvalue weighted by atomic mass is 10.1. The van der Waals surface area contributed by atoms with E-state index in [2.05, 4.69) is 12.7 Å². The molecule has 1 nitrogen and oxygen atoms in total. The van der Waals surface area contributed by atoms with Crippen LogP contribution >= 0.6 is 11.6 Å². The third kappa shape index (κ3) is 2.91. The summed E-state index contributed by atoms with van der Waals surface area (Å²) in [5.74, 6) is 0. The molecule has 0 aliphatic carbocycles. The summed E-state index contributed by atoms with van der Waals surface area (Å²) in [5, 5.41) is 0.797. The minimum atomic E-state index is 0.469. The topological polar surface area (TPSA) is 27.6 Å². The fourth-order valence-electron chi connectivity index (χ4n) is 1.02. The largest absolute Gasteiger partial charge is 0.355 e. The maximum absolute atomic E-state index is 5.73. The molecule has 1 aromatic carbocycles. The van der Waals surface area contributed by atoms with Crippen LogP contribution in [0, 0.1) is 0 Å². The molecular weight excluding hydrogens is 158 g/mol. The van der Waals surface area contributed by atoms with Crippen LogP contribution in [-0.4, -0.2) is 6.04 Å². The van der Waals surface area contributed by atoms with E-state index in [-0.39, 0.29) is 0 Å². The molecule has 0 fully saturated rings. The van der Waals surface area contributed by atoms with Gasteiger partial charge in [0.05, 0.1) is 6.04 Å². The van der Waals surface area contributed by atoms with Gasteiger partial charge in [-0.3, -0.25) is 0 Å². The van der Waals surface area contributed by atoms with E-state index in [4.69, 9.17) is 11.6 Å². The highest BCUT2D eigenvalue weighted by Crippen LogP contribution is 2.09. The smallest absolute Gasteiger partial charge is 0.0855 e. The number of rotatable bonds is 2. The second-order valence-corrected chi connectivity index (χ2v) is 3.37. The molecule has 0 bridgehead atoms. The van der Waals surface area contributed by atoms with Crippen molar-refractivity contribution in [3.05, 3.63) is 34.9 Å². The van der Waals surface area contributed by atoms with Gasteiger partial charge in [0.2, 0.25) is 0 Å². The van der Waals surface area contributed by atoms with E-state index < -0.39 is 0 Å². The molecule has 0 saturated carbocycles. The molecule has 0 radical (unpaired) electrons. The first-order valence-corrected chi connectivity index (χ1v) is 4.14. The van der Waals surface area contributed by atoms with Crippen LogP contribution in [0.4, 0.5) is 0 Å². The summed E-state index contributed by atoms with van der Waals surface area (Å²) in [6, 6.07) is 8.39. The summed E-state index contributed by atoms with van der Waals surface area (Å²) in [5.41, 5.74) is 5.23. The highest BCUT2D eigenvalue weighted by molar-refractivity contribution is 6.30. The van der Waals surface area contributed by atoms with Crippen molar-refractivity contribution in [1.82, 2.24) is 0 Å². The third-order valence-corrected chi connectivity index (χ3v) is 1.75. The van der Waals surface area contributed by atoms with Gasteiger partial charge in [0.15, 0.2) is 0 Å². The maximum Gasteiger partial charge on any atom is 0.0855 e. The van der Waals surface area contributed by atoms with Crippen molar-refractivity contribution in [2.24, 2.45) is 0 Å². The summed E-state index contributed by atoms with van der Waals surface area (Å²) in [7, 11) is 0. The van der Waals surface area contributed by atoms with Gasteiger partial charge in [-0.15, -0.1) is 0 Å². The molecule has 1 aromatic rings. The lowest BCUT2D eigenvalue weighted by Gasteiger charge is -2.01. The zero-order chi connectivity index (χ0) is 8.27. The number of hydrogen-bond donors (Lipinski definition) is 1. The first-order valence-electron chi connectivity index (χ1n) is 3.76. The standard InChI is InChI=1S/C9H12ClN/c1-7(11)6-8-2-4-9(10)5-3-8/h2-5,7H,6,11H2,1H3/p+1/t7-/m1/s1. The predicted molar refractivity (Wildman–Crippen MR) is 47.5 cm³/mol. The van der Waals surface area contributed by atoms with E-state index in [9.17, 15) is 0 Å². The molecule has 1 atom stereocenters. The van der Waals surface area contributed by atoms with Crippen LogP contribution in [0.2, 0.25) is 5.02 Å². The van der Waals surface area contributed by atoms with Crippen molar-refractivity contribution in [2.45, 2.75) is 19.4 Å². The van der Waals surface area contributed by atoms with Gasteiger partial charge in [0, 0.05) is 11.4 Å². The fourth-order valence-corrected chi connectivity index (χ4v) is 1.15. The molecule has 0 aromatic heterocycles. The van der Waals surface area contributed by atoms with Crippen molar-refractivity contribution in [1.29, 1.82) is 0 Å². The van der Waals surface area contributed by atoms with Crippen molar-refractivity contribution < 1.29 is 5.73 Å². The zero-order valence-electron chi connectivity index (χ0n) is 6.68. The van der Waals surface area contributed by atoms with Crippen molar-refractivity contribution in [2.75, 3.05) is 0 Å². The quantitative estimate of drug-likeness (QED) is 0.697. The third-order valence-electron chi connectivity index (χ3n) is 1.50. The molecular formula is C9H13ClN+. The van der Waals surface area contributed by atoms with E-state index in [0.717, 1.165) is 11.4 Å². The first kappa shape index (κ1) is 8.57. The predicted octanol–water partition coefficient (Wildman–Crippen LogP) is 1.51. The van der Waals surface area contributed by atoms with Crippen LogP contribution in [0.3, 0.4) is 0 Å². The second kappa shape index (κ2) is 3.74. The number of quaternary nitrogens is 1. The first-order chi connectivity index (χ1) is 5.18. The van der Waals surface area contributed by atoms with Crippen LogP contribution in [0.5, 0.6) is 0 Å². The average Bonchev–Trinajstić information content (AvgIpc) is 1.93. The lowest BCUT2D eigenvalue weighted by Crippen LogP contribution is -2.60. The van der Waals surface area contributed by atoms with Crippen molar-refractivity contribution in [3.8, 4) is 0 Å². The number of halogens is 1. The van der Waals surface area contributed by atoms with Gasteiger partial charge < -0.3 is 5.73 Å². The molecule has 0 amide bonds. The normalized spacial score (nSPS) is 13.0. The molecule has 0 aliphatic heterocycles. The molecule has 60 valence electrons. The Bertz CT molecular complexity index is 216. The Morgan fingerprint density at radius 2 is 1.91 bits per heavy atom. The summed E-state index contributed by atoms with van der Waals surface area (Å²) < 4.78 is 0. The monoisotopic (exact) mass is 170 g/mol. The van der Waals surface area contributed by atoms with E-state index in [1.807, 2.05) is 24.3 Å². The van der Waals surface area contributed by atoms with Gasteiger partial charge in [-0.25, -0.2) is 0 Å². The molecule has 2 heteroatoms. The molecule has 0 aliphatic rings. The Hall–Kier alpha value is -0.530. The Morgan fingerprint density at radius 3 is 2.36 bits per heavy atom. The van der Waals surface area contributed by atoms with Crippen molar-refractivity contribution in [3.63, 3.8) is 0 Å². The van der Waals surface area contributed by atoms with Crippen molar-refractivity contribution >= 4 is 11.6 Å². The van der Waals surface area contributed by atoms with Gasteiger partial charge in [-0.1, -0.05) is 23.7 Å². The lowest BCUT2D eigenvalue weighted by molar-refractivity contribution is -0.413. The van der Waals surface area contributed by atoms with E-state index >= 15 is 0 Å². The summed E-state index contributed by atoms with van der Waals surface area (Å²) in [6.45, 7) is 2.11. The number of hydrogen-bond acceptors (Lipinski definition) is 0. The van der Waals surface area contributed by atoms with Gasteiger partial charge >= 0.3 is 0 Å². The zero-order valence-corrected chi connectivity index (χ0v) is 7.43. The Labute approximate surface area is 72.2 Å². The molecule has 0 saturated heterocycles. The molecule has 11 heavy (non-hydrogen) atoms. The van der Waals surface area contributed by atoms with Crippen LogP contribution in [0.25, 0.3) is 0 Å². The Balaban J connectivity index is 2.66. The van der Waals surface area contributed by atoms with E-state index in [0.29, 0.717) is 6.04 Å². The maximum atomic E-state index is 5.73. The van der Waals surface area contributed by atoms with Crippen LogP contribution in [0.1, 0.15) is 12.5 Å². The summed E-state index contributed by atoms with van der Waals surface area (Å²) in [4.78, 5) is 0. The molecule has 0 heterocycles. The minimum absolute atomic E-state index is 0.469. The molecule has 0 unspecified atom stereocenters. The highest BCUT2D eigenvalue weighted by atomic mass is 35.5. The van der Waals surface area contributed by atoms with Crippen LogP contribution in [0.15, 0.2) is 24.3 Å². The minimum Gasteiger partial charge on any atom is -0.355 e. The fraction of sp³-hybridized carbons (Fsp3) is 0.333. The van der Waals surface area contributed by atoms with Gasteiger partial charge in [-0.2, -0.15) is 0 Å². The van der Waals surface area contributed by atoms with Gasteiger partial charge in [-0.05, 0) is 24.6 Å². The molecule has 0 spiro atoms. The van der Waals surface area contributed by atoms with Crippen LogP contribution < -0.4 is 5.73 Å². The highest BCUT2D eigenvalue weighted by Gasteiger charge is 1.99. The molecule has 3 N–H and O–H groups in total.